The fourth-order valence-corrected chi connectivity index (χ4v) is 4.54. The Bertz CT molecular complexity index is 989. The third kappa shape index (κ3) is 3.96. The molecule has 2 aromatic carbocycles. The molecule has 28 heavy (non-hydrogen) atoms. The molecule has 1 atom stereocenters. The number of aryl methyl sites for hydroxylation is 1. The van der Waals surface area contributed by atoms with Gasteiger partial charge in [-0.3, -0.25) is 9.59 Å². The van der Waals surface area contributed by atoms with Crippen molar-refractivity contribution in [3.05, 3.63) is 87.1 Å². The average molecular weight is 411 g/mol. The largest absolute Gasteiger partial charge is 0.324 e. The number of hydrogen-bond acceptors (Lipinski definition) is 3. The van der Waals surface area contributed by atoms with Crippen LogP contribution in [0.25, 0.3) is 0 Å². The summed E-state index contributed by atoms with van der Waals surface area (Å²) in [6, 6.07) is 18.9. The minimum absolute atomic E-state index is 0.0164. The first-order valence-corrected chi connectivity index (χ1v) is 10.3. The van der Waals surface area contributed by atoms with Gasteiger partial charge in [-0.05, 0) is 41.6 Å². The predicted molar refractivity (Wildman–Crippen MR) is 113 cm³/mol. The molecule has 1 aromatic heterocycles. The fraction of sp³-hybridized carbons (Fsp3) is 0.182. The van der Waals surface area contributed by atoms with Gasteiger partial charge in [-0.15, -0.1) is 11.3 Å². The van der Waals surface area contributed by atoms with E-state index >= 15 is 0 Å². The van der Waals surface area contributed by atoms with Gasteiger partial charge >= 0.3 is 0 Å². The second kappa shape index (κ2) is 8.17. The molecule has 0 fully saturated rings. The summed E-state index contributed by atoms with van der Waals surface area (Å²) in [5.74, 6) is -0.249. The van der Waals surface area contributed by atoms with Crippen molar-refractivity contribution in [2.24, 2.45) is 0 Å². The molecule has 1 aliphatic heterocycles. The Labute approximate surface area is 172 Å². The normalized spacial score (nSPS) is 16.2. The number of amides is 2. The molecule has 0 aliphatic carbocycles. The highest BCUT2D eigenvalue weighted by Crippen LogP contribution is 2.39. The van der Waals surface area contributed by atoms with E-state index in [4.69, 9.17) is 11.6 Å². The van der Waals surface area contributed by atoms with Crippen LogP contribution in [0.2, 0.25) is 5.02 Å². The zero-order valence-corrected chi connectivity index (χ0v) is 16.7. The number of benzene rings is 2. The molecule has 0 saturated heterocycles. The predicted octanol–water partition coefficient (Wildman–Crippen LogP) is 4.90. The van der Waals surface area contributed by atoms with E-state index in [0.29, 0.717) is 23.6 Å². The fourth-order valence-electron chi connectivity index (χ4n) is 3.50. The molecule has 0 bridgehead atoms. The van der Waals surface area contributed by atoms with Crippen molar-refractivity contribution in [1.82, 2.24) is 4.90 Å². The number of nitrogens with one attached hydrogen (secondary N) is 1. The Balaban J connectivity index is 1.69. The van der Waals surface area contributed by atoms with Gasteiger partial charge in [0.1, 0.15) is 6.54 Å². The number of anilines is 1. The molecule has 4 rings (SSSR count). The van der Waals surface area contributed by atoms with Gasteiger partial charge in [-0.2, -0.15) is 0 Å². The van der Waals surface area contributed by atoms with E-state index < -0.39 is 0 Å². The first-order chi connectivity index (χ1) is 13.6. The monoisotopic (exact) mass is 410 g/mol. The molecule has 0 spiro atoms. The topological polar surface area (TPSA) is 49.4 Å². The number of rotatable bonds is 4. The van der Waals surface area contributed by atoms with E-state index in [-0.39, 0.29) is 24.4 Å². The lowest BCUT2D eigenvalue weighted by Gasteiger charge is -2.29. The lowest BCUT2D eigenvalue weighted by molar-refractivity contribution is -0.136. The summed E-state index contributed by atoms with van der Waals surface area (Å²) in [6.07, 6.45) is 0.979. The van der Waals surface area contributed by atoms with Crippen molar-refractivity contribution >= 4 is 40.4 Å². The summed E-state index contributed by atoms with van der Waals surface area (Å²) in [7, 11) is 0. The molecule has 1 aliphatic rings. The van der Waals surface area contributed by atoms with Crippen LogP contribution in [0.15, 0.2) is 66.0 Å². The second-order valence-corrected chi connectivity index (χ2v) is 8.12. The summed E-state index contributed by atoms with van der Waals surface area (Å²) in [6.45, 7) is 0.0164. The molecule has 2 amide bonds. The zero-order valence-electron chi connectivity index (χ0n) is 15.1. The van der Waals surface area contributed by atoms with Gasteiger partial charge < -0.3 is 10.2 Å². The van der Waals surface area contributed by atoms with Crippen molar-refractivity contribution in [3.63, 3.8) is 0 Å². The Morgan fingerprint density at radius 1 is 1.14 bits per heavy atom. The number of fused-ring (bicyclic) bond motifs is 1. The summed E-state index contributed by atoms with van der Waals surface area (Å²) in [5, 5.41) is 5.47. The molecular formula is C22H19ClN2O2S. The Morgan fingerprint density at radius 2 is 1.96 bits per heavy atom. The van der Waals surface area contributed by atoms with Gasteiger partial charge in [0, 0.05) is 27.6 Å². The molecule has 2 heterocycles. The summed E-state index contributed by atoms with van der Waals surface area (Å²) >= 11 is 7.82. The van der Waals surface area contributed by atoms with Gasteiger partial charge in [-0.1, -0.05) is 48.0 Å². The lowest BCUT2D eigenvalue weighted by Crippen LogP contribution is -2.38. The second-order valence-electron chi connectivity index (χ2n) is 6.70. The first-order valence-electron chi connectivity index (χ1n) is 9.08. The molecule has 3 aromatic rings. The average Bonchev–Trinajstić information content (AvgIpc) is 3.18. The van der Waals surface area contributed by atoms with E-state index in [0.717, 1.165) is 16.0 Å². The first kappa shape index (κ1) is 18.7. The highest BCUT2D eigenvalue weighted by molar-refractivity contribution is 7.10. The summed E-state index contributed by atoms with van der Waals surface area (Å²) in [5.41, 5.74) is 2.64. The van der Waals surface area contributed by atoms with Crippen LogP contribution >= 0.6 is 22.9 Å². The van der Waals surface area contributed by atoms with Gasteiger partial charge in [0.2, 0.25) is 11.8 Å². The molecular weight excluding hydrogens is 392 g/mol. The van der Waals surface area contributed by atoms with Crippen molar-refractivity contribution in [1.29, 1.82) is 0 Å². The minimum atomic E-state index is -0.337. The van der Waals surface area contributed by atoms with Crippen molar-refractivity contribution in [2.75, 3.05) is 11.9 Å². The van der Waals surface area contributed by atoms with Crippen molar-refractivity contribution in [2.45, 2.75) is 18.9 Å². The van der Waals surface area contributed by atoms with Crippen LogP contribution in [0.4, 0.5) is 5.69 Å². The minimum Gasteiger partial charge on any atom is -0.324 e. The summed E-state index contributed by atoms with van der Waals surface area (Å²) in [4.78, 5) is 28.4. The quantitative estimate of drug-likeness (QED) is 0.664. The number of carbonyl (C=O) groups excluding carboxylic acids is 2. The van der Waals surface area contributed by atoms with Crippen LogP contribution in [0.1, 0.15) is 28.5 Å². The van der Waals surface area contributed by atoms with Crippen LogP contribution in [-0.2, 0) is 16.0 Å². The molecule has 1 N–H and O–H groups in total. The van der Waals surface area contributed by atoms with Crippen LogP contribution in [-0.4, -0.2) is 23.3 Å². The van der Waals surface area contributed by atoms with Crippen LogP contribution in [0.5, 0.6) is 0 Å². The molecule has 1 unspecified atom stereocenters. The summed E-state index contributed by atoms with van der Waals surface area (Å²) < 4.78 is 0. The van der Waals surface area contributed by atoms with Crippen LogP contribution in [0.3, 0.4) is 0 Å². The maximum absolute atomic E-state index is 13.2. The number of nitrogens with zero attached hydrogens (tertiary/aromatic N) is 1. The highest BCUT2D eigenvalue weighted by Gasteiger charge is 2.33. The molecule has 142 valence electrons. The molecule has 4 nitrogen and oxygen atoms in total. The lowest BCUT2D eigenvalue weighted by atomic mass is 10.0. The molecule has 0 saturated carbocycles. The van der Waals surface area contributed by atoms with Crippen molar-refractivity contribution < 1.29 is 9.59 Å². The maximum atomic E-state index is 13.2. The van der Waals surface area contributed by atoms with Crippen LogP contribution in [0, 0.1) is 0 Å². The van der Waals surface area contributed by atoms with Gasteiger partial charge in [0.25, 0.3) is 0 Å². The molecule has 0 radical (unpaired) electrons. The number of thiophene rings is 1. The van der Waals surface area contributed by atoms with Crippen LogP contribution < -0.4 is 5.32 Å². The standard InChI is InChI=1S/C22H19ClN2O2S/c23-16-9-10-18-17(13-16)22(19-7-4-12-28-19)25(14-20(26)24-18)21(27)11-8-15-5-2-1-3-6-15/h1-7,9-10,12-13,22H,8,11,14H2,(H,24,26). The number of halogens is 1. The Hall–Kier alpha value is -2.63. The zero-order chi connectivity index (χ0) is 19.5. The van der Waals surface area contributed by atoms with E-state index in [1.807, 2.05) is 53.9 Å². The number of carbonyl (C=O) groups is 2. The smallest absolute Gasteiger partial charge is 0.244 e. The van der Waals surface area contributed by atoms with E-state index in [1.165, 1.54) is 0 Å². The van der Waals surface area contributed by atoms with E-state index in [2.05, 4.69) is 5.32 Å². The Kier molecular flexibility index (Phi) is 5.46. The van der Waals surface area contributed by atoms with Gasteiger partial charge in [0.15, 0.2) is 0 Å². The van der Waals surface area contributed by atoms with E-state index in [9.17, 15) is 9.59 Å². The maximum Gasteiger partial charge on any atom is 0.244 e. The highest BCUT2D eigenvalue weighted by atomic mass is 35.5. The third-order valence-corrected chi connectivity index (χ3v) is 5.97. The molecule has 6 heteroatoms. The van der Waals surface area contributed by atoms with Gasteiger partial charge in [-0.25, -0.2) is 0 Å². The van der Waals surface area contributed by atoms with E-state index in [1.54, 1.807) is 28.4 Å². The van der Waals surface area contributed by atoms with Crippen molar-refractivity contribution in [3.8, 4) is 0 Å². The Morgan fingerprint density at radius 3 is 2.71 bits per heavy atom. The SMILES string of the molecule is O=C1CN(C(=O)CCc2ccccc2)C(c2cccs2)c2cc(Cl)ccc2N1. The number of hydrogen-bond donors (Lipinski definition) is 1. The van der Waals surface area contributed by atoms with Gasteiger partial charge in [0.05, 0.1) is 6.04 Å². The third-order valence-electron chi connectivity index (χ3n) is 4.81.